The monoisotopic (exact) mass is 293 g/mol. The van der Waals surface area contributed by atoms with Gasteiger partial charge in [0.15, 0.2) is 0 Å². The molecular weight excluding hydrogens is 289 g/mol. The van der Waals surface area contributed by atoms with E-state index in [4.69, 9.17) is 0 Å². The number of hydrogen-bond donors (Lipinski definition) is 0. The van der Waals surface area contributed by atoms with E-state index in [0.717, 1.165) is 3.58 Å². The molecule has 0 unspecified atom stereocenters. The van der Waals surface area contributed by atoms with Crippen LogP contribution in [-0.4, -0.2) is 13.4 Å². The van der Waals surface area contributed by atoms with E-state index in [0.29, 0.717) is 10.5 Å². The molecule has 0 aromatic carbocycles. The van der Waals surface area contributed by atoms with E-state index in [1.807, 2.05) is 22.6 Å². The maximum Gasteiger partial charge on any atom is 0.201 e. The molecule has 1 aromatic heterocycles. The predicted octanol–water partition coefficient (Wildman–Crippen LogP) is 1.60. The Bertz CT molecular complexity index is 464. The molecule has 0 saturated heterocycles. The molecule has 2 heterocycles. The lowest BCUT2D eigenvalue weighted by Crippen LogP contribution is -1.92. The minimum atomic E-state index is -3.16. The van der Waals surface area contributed by atoms with Crippen molar-refractivity contribution in [1.29, 1.82) is 0 Å². The molecule has 0 fully saturated rings. The van der Waals surface area contributed by atoms with E-state index in [1.54, 1.807) is 6.20 Å². The van der Waals surface area contributed by atoms with Gasteiger partial charge in [-0.25, -0.2) is 8.42 Å². The zero-order valence-electron chi connectivity index (χ0n) is 5.86. The SMILES string of the molecule is O=S1(=O)C=C(I)c2cnccc21. The average Bonchev–Trinajstić information content (AvgIpc) is 2.25. The number of rotatable bonds is 0. The van der Waals surface area contributed by atoms with Crippen molar-refractivity contribution < 1.29 is 8.42 Å². The first-order chi connectivity index (χ1) is 5.61. The molecule has 0 aliphatic carbocycles. The Kier molecular flexibility index (Phi) is 1.72. The number of sulfone groups is 1. The normalized spacial score (nSPS) is 18.6. The van der Waals surface area contributed by atoms with Gasteiger partial charge in [0.2, 0.25) is 9.84 Å². The minimum absolute atomic E-state index is 0.363. The van der Waals surface area contributed by atoms with Crippen molar-refractivity contribution >= 4 is 36.0 Å². The molecule has 1 aliphatic rings. The van der Waals surface area contributed by atoms with Crippen LogP contribution in [0.2, 0.25) is 0 Å². The number of nitrogens with zero attached hydrogens (tertiary/aromatic N) is 1. The number of fused-ring (bicyclic) bond motifs is 1. The fourth-order valence-corrected chi connectivity index (χ4v) is 3.94. The second-order valence-electron chi connectivity index (χ2n) is 2.38. The summed E-state index contributed by atoms with van der Waals surface area (Å²) < 4.78 is 23.4. The van der Waals surface area contributed by atoms with Crippen molar-refractivity contribution in [1.82, 2.24) is 4.98 Å². The summed E-state index contributed by atoms with van der Waals surface area (Å²) in [5.41, 5.74) is 0.707. The summed E-state index contributed by atoms with van der Waals surface area (Å²) in [5.74, 6) is 0. The molecule has 1 aliphatic heterocycles. The van der Waals surface area contributed by atoms with Crippen molar-refractivity contribution in [2.45, 2.75) is 4.90 Å². The molecule has 2 rings (SSSR count). The molecule has 0 amide bonds. The van der Waals surface area contributed by atoms with Gasteiger partial charge in [-0.1, -0.05) is 0 Å². The second kappa shape index (κ2) is 2.53. The molecule has 12 heavy (non-hydrogen) atoms. The van der Waals surface area contributed by atoms with Gasteiger partial charge in [-0.3, -0.25) is 4.98 Å². The molecule has 5 heteroatoms. The standard InChI is InChI=1S/C7H4INO2S/c8-6-4-12(10,11)7-1-2-9-3-5(6)7/h1-4H. The third-order valence-corrected chi connectivity index (χ3v) is 4.43. The third-order valence-electron chi connectivity index (χ3n) is 1.60. The van der Waals surface area contributed by atoms with Crippen molar-refractivity contribution in [2.24, 2.45) is 0 Å². The van der Waals surface area contributed by atoms with E-state index >= 15 is 0 Å². The molecule has 0 bridgehead atoms. The van der Waals surface area contributed by atoms with Crippen molar-refractivity contribution in [3.8, 4) is 0 Å². The summed E-state index contributed by atoms with van der Waals surface area (Å²) in [6.45, 7) is 0. The highest BCUT2D eigenvalue weighted by atomic mass is 127. The predicted molar refractivity (Wildman–Crippen MR) is 53.4 cm³/mol. The fourth-order valence-electron chi connectivity index (χ4n) is 1.07. The van der Waals surface area contributed by atoms with Crippen LogP contribution in [0.4, 0.5) is 0 Å². The molecule has 0 atom stereocenters. The molecule has 62 valence electrons. The second-order valence-corrected chi connectivity index (χ2v) is 5.31. The van der Waals surface area contributed by atoms with Crippen LogP contribution in [0.1, 0.15) is 5.56 Å². The summed E-state index contributed by atoms with van der Waals surface area (Å²) in [7, 11) is -3.16. The molecular formula is C7H4INO2S. The lowest BCUT2D eigenvalue weighted by atomic mass is 10.3. The van der Waals surface area contributed by atoms with Gasteiger partial charge in [0, 0.05) is 26.9 Å². The third kappa shape index (κ3) is 1.08. The average molecular weight is 293 g/mol. The van der Waals surface area contributed by atoms with Crippen LogP contribution in [0.3, 0.4) is 0 Å². The van der Waals surface area contributed by atoms with Crippen molar-refractivity contribution in [3.63, 3.8) is 0 Å². The van der Waals surface area contributed by atoms with Gasteiger partial charge < -0.3 is 0 Å². The Labute approximate surface area is 83.6 Å². The minimum Gasteiger partial charge on any atom is -0.264 e. The summed E-state index contributed by atoms with van der Waals surface area (Å²) in [4.78, 5) is 4.23. The lowest BCUT2D eigenvalue weighted by Gasteiger charge is -1.95. The van der Waals surface area contributed by atoms with E-state index in [9.17, 15) is 8.42 Å². The molecule has 0 saturated carbocycles. The first-order valence-electron chi connectivity index (χ1n) is 3.18. The summed E-state index contributed by atoms with van der Waals surface area (Å²) in [6.07, 6.45) is 3.05. The van der Waals surface area contributed by atoms with Gasteiger partial charge in [0.1, 0.15) is 0 Å². The number of halogens is 1. The Hall–Kier alpha value is -0.430. The highest BCUT2D eigenvalue weighted by Gasteiger charge is 2.24. The quantitative estimate of drug-likeness (QED) is 0.683. The number of aromatic nitrogens is 1. The highest BCUT2D eigenvalue weighted by molar-refractivity contribution is 14.1. The summed E-state index contributed by atoms with van der Waals surface area (Å²) >= 11 is 1.99. The summed E-state index contributed by atoms with van der Waals surface area (Å²) in [5, 5.41) is 1.26. The molecule has 3 nitrogen and oxygen atoms in total. The van der Waals surface area contributed by atoms with Gasteiger partial charge in [-0.2, -0.15) is 0 Å². The largest absolute Gasteiger partial charge is 0.264 e. The Morgan fingerprint density at radius 2 is 2.17 bits per heavy atom. The van der Waals surface area contributed by atoms with Crippen LogP contribution in [0.5, 0.6) is 0 Å². The smallest absolute Gasteiger partial charge is 0.201 e. The number of pyridine rings is 1. The lowest BCUT2D eigenvalue weighted by molar-refractivity contribution is 0.605. The van der Waals surface area contributed by atoms with Gasteiger partial charge in [-0.05, 0) is 28.7 Å². The maximum absolute atomic E-state index is 11.4. The van der Waals surface area contributed by atoms with E-state index in [-0.39, 0.29) is 0 Å². The summed E-state index contributed by atoms with van der Waals surface area (Å²) in [6, 6.07) is 1.52. The molecule has 0 N–H and O–H groups in total. The van der Waals surface area contributed by atoms with Crippen LogP contribution >= 0.6 is 22.6 Å². The van der Waals surface area contributed by atoms with Crippen LogP contribution < -0.4 is 0 Å². The maximum atomic E-state index is 11.4. The highest BCUT2D eigenvalue weighted by Crippen LogP contribution is 2.36. The molecule has 0 radical (unpaired) electrons. The van der Waals surface area contributed by atoms with E-state index < -0.39 is 9.84 Å². The van der Waals surface area contributed by atoms with Crippen molar-refractivity contribution in [3.05, 3.63) is 29.4 Å². The van der Waals surface area contributed by atoms with Gasteiger partial charge in [0.25, 0.3) is 0 Å². The Morgan fingerprint density at radius 3 is 2.83 bits per heavy atom. The molecule has 1 aromatic rings. The Balaban J connectivity index is 2.86. The van der Waals surface area contributed by atoms with Crippen LogP contribution in [0.25, 0.3) is 3.58 Å². The zero-order valence-corrected chi connectivity index (χ0v) is 8.83. The Morgan fingerprint density at radius 1 is 1.42 bits per heavy atom. The van der Waals surface area contributed by atoms with Gasteiger partial charge in [0.05, 0.1) is 4.90 Å². The topological polar surface area (TPSA) is 47.0 Å². The molecule has 0 spiro atoms. The van der Waals surface area contributed by atoms with E-state index in [1.165, 1.54) is 17.7 Å². The first kappa shape index (κ1) is 8.18. The number of hydrogen-bond acceptors (Lipinski definition) is 3. The van der Waals surface area contributed by atoms with Crippen LogP contribution in [-0.2, 0) is 9.84 Å². The zero-order chi connectivity index (χ0) is 8.77. The van der Waals surface area contributed by atoms with E-state index in [2.05, 4.69) is 4.98 Å². The first-order valence-corrected chi connectivity index (χ1v) is 5.80. The van der Waals surface area contributed by atoms with Crippen molar-refractivity contribution in [2.75, 3.05) is 0 Å². The van der Waals surface area contributed by atoms with Crippen LogP contribution in [0, 0.1) is 0 Å². The van der Waals surface area contributed by atoms with Gasteiger partial charge in [-0.15, -0.1) is 0 Å². The van der Waals surface area contributed by atoms with Gasteiger partial charge >= 0.3 is 0 Å². The fraction of sp³-hybridized carbons (Fsp3) is 0. The van der Waals surface area contributed by atoms with Crippen LogP contribution in [0.15, 0.2) is 28.8 Å².